The van der Waals surface area contributed by atoms with Crippen molar-refractivity contribution in [3.05, 3.63) is 59.8 Å². The molecular weight excluding hydrogens is 480 g/mol. The summed E-state index contributed by atoms with van der Waals surface area (Å²) in [5.41, 5.74) is 7.72. The number of rotatable bonds is 14. The van der Waals surface area contributed by atoms with Crippen molar-refractivity contribution in [3.63, 3.8) is 0 Å². The van der Waals surface area contributed by atoms with Crippen LogP contribution in [0.25, 0.3) is 0 Å². The van der Waals surface area contributed by atoms with E-state index in [-0.39, 0.29) is 55.2 Å². The maximum Gasteiger partial charge on any atom is 0.307 e. The number of hydrogen-bond donors (Lipinski definition) is 2. The molecule has 9 heteroatoms. The molecule has 1 atom stereocenters. The monoisotopic (exact) mass is 516 g/mol. The Morgan fingerprint density at radius 1 is 1.11 bits per heavy atom. The van der Waals surface area contributed by atoms with Crippen LogP contribution in [0.5, 0.6) is 0 Å². The van der Waals surface area contributed by atoms with Gasteiger partial charge in [-0.05, 0) is 63.1 Å². The third-order valence-corrected chi connectivity index (χ3v) is 5.98. The summed E-state index contributed by atoms with van der Waals surface area (Å²) in [4.78, 5) is 43.9. The van der Waals surface area contributed by atoms with E-state index in [4.69, 9.17) is 10.5 Å². The molecule has 3 N–H and O–H groups in total. The third-order valence-electron chi connectivity index (χ3n) is 5.98. The van der Waals surface area contributed by atoms with Gasteiger partial charge in [0.25, 0.3) is 0 Å². The Labute approximate surface area is 219 Å². The fraction of sp³-hybridized carbons (Fsp3) is 0.481. The van der Waals surface area contributed by atoms with E-state index in [0.29, 0.717) is 38.1 Å². The summed E-state index contributed by atoms with van der Waals surface area (Å²) in [5.74, 6) is -0.145. The van der Waals surface area contributed by atoms with Gasteiger partial charge in [0.15, 0.2) is 0 Å². The first-order valence-electron chi connectivity index (χ1n) is 12.4. The number of nitrogens with zero attached hydrogens (tertiary/aromatic N) is 2. The number of ether oxygens (including phenoxy) is 1. The summed E-state index contributed by atoms with van der Waals surface area (Å²) in [6.45, 7) is 2.06. The van der Waals surface area contributed by atoms with Crippen LogP contribution in [0.4, 0.5) is 5.82 Å². The molecule has 0 radical (unpaired) electrons. The van der Waals surface area contributed by atoms with Gasteiger partial charge >= 0.3 is 5.97 Å². The Morgan fingerprint density at radius 2 is 1.86 bits per heavy atom. The number of carbonyl (C=O) groups excluding carboxylic acids is 3. The summed E-state index contributed by atoms with van der Waals surface area (Å²) in [6, 6.07) is 15.2. The maximum atomic E-state index is 12.9. The van der Waals surface area contributed by atoms with Gasteiger partial charge in [-0.1, -0.05) is 36.4 Å². The Kier molecular flexibility index (Phi) is 12.2. The number of aromatic nitrogens is 1. The molecule has 2 aromatic rings. The van der Waals surface area contributed by atoms with Crippen LogP contribution in [0, 0.1) is 0 Å². The van der Waals surface area contributed by atoms with Gasteiger partial charge in [-0.25, -0.2) is 4.98 Å². The zero-order valence-electron chi connectivity index (χ0n) is 20.9. The Hall–Kier alpha value is -3.13. The van der Waals surface area contributed by atoms with E-state index in [2.05, 4.69) is 10.3 Å². The Morgan fingerprint density at radius 3 is 2.53 bits per heavy atom. The molecule has 0 saturated heterocycles. The third kappa shape index (κ3) is 10.2. The first kappa shape index (κ1) is 29.1. The largest absolute Gasteiger partial charge is 0.466 e. The normalized spacial score (nSPS) is 13.2. The van der Waals surface area contributed by atoms with E-state index in [0.717, 1.165) is 30.5 Å². The van der Waals surface area contributed by atoms with Gasteiger partial charge < -0.3 is 20.7 Å². The minimum absolute atomic E-state index is 0. The molecule has 1 aliphatic carbocycles. The standard InChI is InChI=1S/C27H36N4O4.ClH/c1-2-35-27(34)18-22(15-14-20-8-4-3-5-9-20)30-25(32)19-31(23-16-17-23)26(33)13-7-11-21-10-6-12-24(28)29-21;/h3-6,8-10,12,22-23H,2,7,11,13-19H2,1H3,(H2,28,29)(H,30,32);1H/t22-;/m1./s1. The Bertz CT molecular complexity index is 985. The van der Waals surface area contributed by atoms with E-state index >= 15 is 0 Å². The highest BCUT2D eigenvalue weighted by molar-refractivity contribution is 5.86. The van der Waals surface area contributed by atoms with Crippen molar-refractivity contribution in [3.8, 4) is 0 Å². The average Bonchev–Trinajstić information content (AvgIpc) is 3.67. The molecule has 1 saturated carbocycles. The molecule has 1 aliphatic rings. The molecule has 3 rings (SSSR count). The van der Waals surface area contributed by atoms with Gasteiger partial charge in [0, 0.05) is 24.2 Å². The van der Waals surface area contributed by atoms with Crippen molar-refractivity contribution in [1.82, 2.24) is 15.2 Å². The number of aryl methyl sites for hydroxylation is 2. The van der Waals surface area contributed by atoms with E-state index < -0.39 is 0 Å². The minimum atomic E-state index is -0.354. The molecule has 1 fully saturated rings. The van der Waals surface area contributed by atoms with Crippen LogP contribution in [0.15, 0.2) is 48.5 Å². The Balaban J connectivity index is 0.00000456. The molecule has 196 valence electrons. The highest BCUT2D eigenvalue weighted by Crippen LogP contribution is 2.27. The van der Waals surface area contributed by atoms with E-state index in [1.54, 1.807) is 17.9 Å². The van der Waals surface area contributed by atoms with E-state index in [1.165, 1.54) is 0 Å². The lowest BCUT2D eigenvalue weighted by Crippen LogP contribution is -2.46. The fourth-order valence-corrected chi connectivity index (χ4v) is 4.07. The SMILES string of the molecule is CCOC(=O)C[C@@H](CCc1ccccc1)NC(=O)CN(C(=O)CCCc1cccc(N)n1)C1CC1.Cl. The predicted molar refractivity (Wildman–Crippen MR) is 142 cm³/mol. The van der Waals surface area contributed by atoms with Gasteiger partial charge in [-0.3, -0.25) is 14.4 Å². The van der Waals surface area contributed by atoms with Crippen LogP contribution in [-0.4, -0.2) is 52.9 Å². The van der Waals surface area contributed by atoms with Crippen LogP contribution in [0.1, 0.15) is 56.7 Å². The van der Waals surface area contributed by atoms with Crippen molar-refractivity contribution in [2.45, 2.75) is 70.4 Å². The molecule has 0 bridgehead atoms. The second kappa shape index (κ2) is 15.1. The molecule has 1 aromatic carbocycles. The molecule has 8 nitrogen and oxygen atoms in total. The van der Waals surface area contributed by atoms with Crippen LogP contribution >= 0.6 is 12.4 Å². The second-order valence-electron chi connectivity index (χ2n) is 8.96. The number of nitrogens with two attached hydrogens (primary N) is 1. The topological polar surface area (TPSA) is 115 Å². The number of anilines is 1. The molecule has 0 unspecified atom stereocenters. The second-order valence-corrected chi connectivity index (χ2v) is 8.96. The lowest BCUT2D eigenvalue weighted by molar-refractivity contribution is -0.144. The van der Waals surface area contributed by atoms with Gasteiger partial charge in [-0.15, -0.1) is 12.4 Å². The molecule has 1 heterocycles. The molecule has 0 aliphatic heterocycles. The van der Waals surface area contributed by atoms with Gasteiger partial charge in [0.05, 0.1) is 19.6 Å². The lowest BCUT2D eigenvalue weighted by atomic mass is 10.0. The number of amides is 2. The molecule has 36 heavy (non-hydrogen) atoms. The summed E-state index contributed by atoms with van der Waals surface area (Å²) in [6.07, 6.45) is 4.92. The van der Waals surface area contributed by atoms with Crippen LogP contribution in [0.2, 0.25) is 0 Å². The van der Waals surface area contributed by atoms with Crippen LogP contribution in [0.3, 0.4) is 0 Å². The summed E-state index contributed by atoms with van der Waals surface area (Å²) in [5, 5.41) is 2.98. The first-order chi connectivity index (χ1) is 16.9. The van der Waals surface area contributed by atoms with Gasteiger partial charge in [-0.2, -0.15) is 0 Å². The number of nitrogens with one attached hydrogen (secondary N) is 1. The number of nitrogen functional groups attached to an aromatic ring is 1. The number of benzene rings is 1. The molecular formula is C27H37ClN4O4. The lowest BCUT2D eigenvalue weighted by Gasteiger charge is -2.24. The van der Waals surface area contributed by atoms with Crippen molar-refractivity contribution < 1.29 is 19.1 Å². The number of hydrogen-bond acceptors (Lipinski definition) is 6. The highest BCUT2D eigenvalue weighted by Gasteiger charge is 2.33. The first-order valence-corrected chi connectivity index (χ1v) is 12.4. The predicted octanol–water partition coefficient (Wildman–Crippen LogP) is 3.47. The number of carbonyl (C=O) groups is 3. The van der Waals surface area contributed by atoms with Crippen molar-refractivity contribution in [1.29, 1.82) is 0 Å². The number of esters is 1. The van der Waals surface area contributed by atoms with E-state index in [9.17, 15) is 14.4 Å². The van der Waals surface area contributed by atoms with Crippen molar-refractivity contribution in [2.75, 3.05) is 18.9 Å². The van der Waals surface area contributed by atoms with Gasteiger partial charge in [0.2, 0.25) is 11.8 Å². The summed E-state index contributed by atoms with van der Waals surface area (Å²) in [7, 11) is 0. The quantitative estimate of drug-likeness (QED) is 0.371. The average molecular weight is 517 g/mol. The highest BCUT2D eigenvalue weighted by atomic mass is 35.5. The number of halogens is 1. The van der Waals surface area contributed by atoms with Crippen molar-refractivity contribution >= 4 is 36.0 Å². The minimum Gasteiger partial charge on any atom is -0.466 e. The van der Waals surface area contributed by atoms with Crippen LogP contribution in [-0.2, 0) is 32.0 Å². The van der Waals surface area contributed by atoms with Gasteiger partial charge in [0.1, 0.15) is 5.82 Å². The maximum absolute atomic E-state index is 12.9. The summed E-state index contributed by atoms with van der Waals surface area (Å²) >= 11 is 0. The van der Waals surface area contributed by atoms with Crippen LogP contribution < -0.4 is 11.1 Å². The van der Waals surface area contributed by atoms with Crippen molar-refractivity contribution in [2.24, 2.45) is 0 Å². The summed E-state index contributed by atoms with van der Waals surface area (Å²) < 4.78 is 5.09. The zero-order chi connectivity index (χ0) is 25.0. The molecule has 0 spiro atoms. The molecule has 2 amide bonds. The molecule has 1 aromatic heterocycles. The number of pyridine rings is 1. The smallest absolute Gasteiger partial charge is 0.307 e. The van der Waals surface area contributed by atoms with E-state index in [1.807, 2.05) is 42.5 Å². The fourth-order valence-electron chi connectivity index (χ4n) is 4.07. The zero-order valence-corrected chi connectivity index (χ0v) is 21.7.